The third kappa shape index (κ3) is 4.51. The van der Waals surface area contributed by atoms with Crippen LogP contribution in [-0.4, -0.2) is 26.7 Å². The molecular formula is C15H23NO5. The Hall–Kier alpha value is -1.98. The monoisotopic (exact) mass is 297 g/mol. The lowest BCUT2D eigenvalue weighted by Gasteiger charge is -2.32. The molecule has 0 amide bonds. The summed E-state index contributed by atoms with van der Waals surface area (Å²) in [6.07, 6.45) is 0.797. The highest BCUT2D eigenvalue weighted by atomic mass is 16.7. The van der Waals surface area contributed by atoms with Gasteiger partial charge in [-0.2, -0.15) is 0 Å². The van der Waals surface area contributed by atoms with Crippen LogP contribution in [0.3, 0.4) is 0 Å². The van der Waals surface area contributed by atoms with Gasteiger partial charge in [0.1, 0.15) is 5.78 Å². The molecule has 0 aliphatic rings. The van der Waals surface area contributed by atoms with Crippen LogP contribution in [0.25, 0.3) is 0 Å². The zero-order valence-corrected chi connectivity index (χ0v) is 13.1. The molecule has 0 saturated heterocycles. The fourth-order valence-electron chi connectivity index (χ4n) is 2.71. The standard InChI is InChI=1S/C15H23NO5/c1-10(17)8-14(2,3)9-15(4,5)13(20)21-16-11(18)6-7-12(16)19/h6-7,18-19H,8-9H2,1-5H3. The average Bonchev–Trinajstić information content (AvgIpc) is 2.57. The minimum absolute atomic E-state index is 0.0601. The molecule has 2 N–H and O–H groups in total. The van der Waals surface area contributed by atoms with Gasteiger partial charge in [-0.15, -0.1) is 4.73 Å². The number of hydrogen-bond acceptors (Lipinski definition) is 5. The molecule has 1 rings (SSSR count). The van der Waals surface area contributed by atoms with E-state index in [0.29, 0.717) is 17.6 Å². The molecule has 0 unspecified atom stereocenters. The molecule has 21 heavy (non-hydrogen) atoms. The van der Waals surface area contributed by atoms with E-state index in [-0.39, 0.29) is 23.0 Å². The molecule has 0 bridgehead atoms. The van der Waals surface area contributed by atoms with Gasteiger partial charge in [-0.3, -0.25) is 0 Å². The van der Waals surface area contributed by atoms with E-state index < -0.39 is 11.4 Å². The van der Waals surface area contributed by atoms with Gasteiger partial charge in [0.15, 0.2) is 0 Å². The van der Waals surface area contributed by atoms with E-state index in [4.69, 9.17) is 4.84 Å². The Morgan fingerprint density at radius 1 is 1.14 bits per heavy atom. The minimum Gasteiger partial charge on any atom is -0.492 e. The van der Waals surface area contributed by atoms with Crippen LogP contribution in [0.1, 0.15) is 47.5 Å². The van der Waals surface area contributed by atoms with Gasteiger partial charge >= 0.3 is 5.97 Å². The topological polar surface area (TPSA) is 88.8 Å². The fourth-order valence-corrected chi connectivity index (χ4v) is 2.71. The summed E-state index contributed by atoms with van der Waals surface area (Å²) < 4.78 is 0.669. The Kier molecular flexibility index (Phi) is 4.71. The molecular weight excluding hydrogens is 274 g/mol. The van der Waals surface area contributed by atoms with Crippen molar-refractivity contribution in [2.24, 2.45) is 10.8 Å². The quantitative estimate of drug-likeness (QED) is 0.841. The average molecular weight is 297 g/mol. The third-order valence-corrected chi connectivity index (χ3v) is 3.17. The number of ketones is 1. The molecule has 1 aromatic rings. The number of carbonyl (C=O) groups excluding carboxylic acids is 2. The number of nitrogens with zero attached hydrogens (tertiary/aromatic N) is 1. The van der Waals surface area contributed by atoms with E-state index in [9.17, 15) is 19.8 Å². The van der Waals surface area contributed by atoms with Gasteiger partial charge in [0, 0.05) is 18.6 Å². The van der Waals surface area contributed by atoms with Crippen LogP contribution < -0.4 is 4.84 Å². The molecule has 6 nitrogen and oxygen atoms in total. The molecule has 0 aliphatic heterocycles. The first-order chi connectivity index (χ1) is 9.44. The van der Waals surface area contributed by atoms with Crippen LogP contribution in [0.5, 0.6) is 11.8 Å². The van der Waals surface area contributed by atoms with Crippen LogP contribution in [0.2, 0.25) is 0 Å². The lowest BCUT2D eigenvalue weighted by Crippen LogP contribution is -2.37. The molecule has 0 spiro atoms. The predicted molar refractivity (Wildman–Crippen MR) is 76.8 cm³/mol. The molecule has 0 aromatic carbocycles. The minimum atomic E-state index is -0.873. The Labute approximate surface area is 124 Å². The van der Waals surface area contributed by atoms with Gasteiger partial charge in [-0.25, -0.2) is 4.79 Å². The summed E-state index contributed by atoms with van der Waals surface area (Å²) in [5.74, 6) is -1.26. The van der Waals surface area contributed by atoms with E-state index in [1.807, 2.05) is 13.8 Å². The Balaban J connectivity index is 2.82. The van der Waals surface area contributed by atoms with Crippen LogP contribution in [0.15, 0.2) is 12.1 Å². The highest BCUT2D eigenvalue weighted by Gasteiger charge is 2.37. The van der Waals surface area contributed by atoms with Crippen molar-refractivity contribution in [3.8, 4) is 11.8 Å². The zero-order valence-electron chi connectivity index (χ0n) is 13.1. The molecule has 0 aliphatic carbocycles. The SMILES string of the molecule is CC(=O)CC(C)(C)CC(C)(C)C(=O)On1c(O)ccc1O. The third-order valence-electron chi connectivity index (χ3n) is 3.17. The van der Waals surface area contributed by atoms with Crippen molar-refractivity contribution in [1.29, 1.82) is 0 Å². The molecule has 0 fully saturated rings. The van der Waals surface area contributed by atoms with E-state index in [2.05, 4.69) is 0 Å². The van der Waals surface area contributed by atoms with Gasteiger partial charge in [0.2, 0.25) is 11.8 Å². The van der Waals surface area contributed by atoms with Gasteiger partial charge in [-0.1, -0.05) is 13.8 Å². The maximum absolute atomic E-state index is 12.2. The predicted octanol–water partition coefficient (Wildman–Crippen LogP) is 2.28. The van der Waals surface area contributed by atoms with E-state index >= 15 is 0 Å². The second kappa shape index (κ2) is 5.79. The van der Waals surface area contributed by atoms with Crippen LogP contribution in [0.4, 0.5) is 0 Å². The lowest BCUT2D eigenvalue weighted by atomic mass is 9.73. The van der Waals surface area contributed by atoms with Crippen LogP contribution >= 0.6 is 0 Å². The molecule has 0 saturated carbocycles. The molecule has 0 atom stereocenters. The number of aromatic hydroxyl groups is 2. The zero-order chi connectivity index (χ0) is 16.4. The van der Waals surface area contributed by atoms with Gasteiger partial charge < -0.3 is 19.8 Å². The molecule has 0 radical (unpaired) electrons. The number of carbonyl (C=O) groups is 2. The van der Waals surface area contributed by atoms with Crippen LogP contribution in [0, 0.1) is 10.8 Å². The van der Waals surface area contributed by atoms with Crippen molar-refractivity contribution in [2.45, 2.75) is 47.5 Å². The Morgan fingerprint density at radius 2 is 1.62 bits per heavy atom. The smallest absolute Gasteiger partial charge is 0.338 e. The largest absolute Gasteiger partial charge is 0.492 e. The van der Waals surface area contributed by atoms with Crippen molar-refractivity contribution in [3.05, 3.63) is 12.1 Å². The maximum Gasteiger partial charge on any atom is 0.338 e. The molecule has 1 heterocycles. The fraction of sp³-hybridized carbons (Fsp3) is 0.600. The first-order valence-electron chi connectivity index (χ1n) is 6.76. The van der Waals surface area contributed by atoms with E-state index in [1.54, 1.807) is 13.8 Å². The number of rotatable bonds is 6. The summed E-state index contributed by atoms with van der Waals surface area (Å²) in [4.78, 5) is 28.5. The second-order valence-electron chi connectivity index (χ2n) is 6.83. The summed E-state index contributed by atoms with van der Waals surface area (Å²) >= 11 is 0. The second-order valence-corrected chi connectivity index (χ2v) is 6.83. The normalized spacial score (nSPS) is 12.2. The summed E-state index contributed by atoms with van der Waals surface area (Å²) in [5, 5.41) is 19.0. The van der Waals surface area contributed by atoms with Gasteiger partial charge in [0.25, 0.3) is 0 Å². The Bertz CT molecular complexity index is 523. The summed E-state index contributed by atoms with van der Waals surface area (Å²) in [6, 6.07) is 2.44. The number of hydrogen-bond donors (Lipinski definition) is 2. The summed E-state index contributed by atoms with van der Waals surface area (Å²) in [5.41, 5.74) is -1.22. The van der Waals surface area contributed by atoms with Crippen molar-refractivity contribution in [2.75, 3.05) is 0 Å². The number of aromatic nitrogens is 1. The van der Waals surface area contributed by atoms with Crippen LogP contribution in [-0.2, 0) is 9.59 Å². The van der Waals surface area contributed by atoms with E-state index in [0.717, 1.165) is 0 Å². The summed E-state index contributed by atoms with van der Waals surface area (Å²) in [7, 11) is 0. The Morgan fingerprint density at radius 3 is 2.05 bits per heavy atom. The number of Topliss-reactive ketones (excluding diaryl/α,β-unsaturated/α-hetero) is 1. The molecule has 118 valence electrons. The maximum atomic E-state index is 12.2. The summed E-state index contributed by atoms with van der Waals surface area (Å²) in [6.45, 7) is 8.74. The van der Waals surface area contributed by atoms with Crippen molar-refractivity contribution < 1.29 is 24.6 Å². The van der Waals surface area contributed by atoms with Crippen molar-refractivity contribution >= 4 is 11.8 Å². The highest BCUT2D eigenvalue weighted by molar-refractivity contribution is 5.78. The van der Waals surface area contributed by atoms with Crippen molar-refractivity contribution in [3.63, 3.8) is 0 Å². The van der Waals surface area contributed by atoms with Crippen molar-refractivity contribution in [1.82, 2.24) is 4.73 Å². The van der Waals surface area contributed by atoms with Gasteiger partial charge in [-0.05, 0) is 32.6 Å². The first kappa shape index (κ1) is 17.1. The molecule has 1 aromatic heterocycles. The highest BCUT2D eigenvalue weighted by Crippen LogP contribution is 2.37. The first-order valence-corrected chi connectivity index (χ1v) is 6.76. The van der Waals surface area contributed by atoms with Gasteiger partial charge in [0.05, 0.1) is 5.41 Å². The lowest BCUT2D eigenvalue weighted by molar-refractivity contribution is -0.157. The molecule has 6 heteroatoms. The van der Waals surface area contributed by atoms with E-state index in [1.165, 1.54) is 19.1 Å².